The van der Waals surface area contributed by atoms with Crippen molar-refractivity contribution in [1.82, 2.24) is 10.6 Å². The van der Waals surface area contributed by atoms with E-state index in [9.17, 15) is 9.59 Å². The Bertz CT molecular complexity index is 568. The summed E-state index contributed by atoms with van der Waals surface area (Å²) in [6.45, 7) is 6.16. The highest BCUT2D eigenvalue weighted by Gasteiger charge is 2.20. The van der Waals surface area contributed by atoms with Crippen LogP contribution in [0, 0.1) is 5.41 Å². The Kier molecular flexibility index (Phi) is 6.88. The van der Waals surface area contributed by atoms with E-state index in [-0.39, 0.29) is 11.8 Å². The van der Waals surface area contributed by atoms with Crippen LogP contribution >= 0.6 is 0 Å². The van der Waals surface area contributed by atoms with E-state index in [1.807, 2.05) is 20.8 Å². The van der Waals surface area contributed by atoms with Gasteiger partial charge in [-0.15, -0.1) is 0 Å². The number of ether oxygens (including phenoxy) is 3. The lowest BCUT2D eigenvalue weighted by molar-refractivity contribution is -0.128. The fraction of sp³-hybridized carbons (Fsp3) is 0.529. The van der Waals surface area contributed by atoms with E-state index in [0.717, 1.165) is 0 Å². The summed E-state index contributed by atoms with van der Waals surface area (Å²) in [4.78, 5) is 24.0. The summed E-state index contributed by atoms with van der Waals surface area (Å²) in [5, 5.41) is 5.51. The van der Waals surface area contributed by atoms with Gasteiger partial charge in [-0.05, 0) is 12.1 Å². The first-order chi connectivity index (χ1) is 11.2. The Morgan fingerprint density at radius 2 is 1.42 bits per heavy atom. The first-order valence-corrected chi connectivity index (χ1v) is 7.61. The summed E-state index contributed by atoms with van der Waals surface area (Å²) < 4.78 is 15.7. The lowest BCUT2D eigenvalue weighted by Crippen LogP contribution is -2.39. The van der Waals surface area contributed by atoms with E-state index >= 15 is 0 Å². The monoisotopic (exact) mass is 338 g/mol. The molecule has 0 aliphatic rings. The Morgan fingerprint density at radius 1 is 0.917 bits per heavy atom. The van der Waals surface area contributed by atoms with Crippen molar-refractivity contribution in [3.63, 3.8) is 0 Å². The Balaban J connectivity index is 2.70. The zero-order valence-corrected chi connectivity index (χ0v) is 15.1. The minimum absolute atomic E-state index is 0.0652. The molecule has 0 atom stereocenters. The molecule has 0 saturated heterocycles. The smallest absolute Gasteiger partial charge is 0.251 e. The van der Waals surface area contributed by atoms with Gasteiger partial charge in [0.25, 0.3) is 5.91 Å². The normalized spacial score (nSPS) is 10.8. The fourth-order valence-electron chi connectivity index (χ4n) is 1.93. The van der Waals surface area contributed by atoms with Gasteiger partial charge in [0.1, 0.15) is 0 Å². The topological polar surface area (TPSA) is 85.9 Å². The molecule has 2 amide bonds. The van der Waals surface area contributed by atoms with Crippen molar-refractivity contribution in [2.24, 2.45) is 5.41 Å². The Labute approximate surface area is 142 Å². The molecule has 7 nitrogen and oxygen atoms in total. The van der Waals surface area contributed by atoms with Crippen molar-refractivity contribution >= 4 is 11.8 Å². The summed E-state index contributed by atoms with van der Waals surface area (Å²) in [5.41, 5.74) is -0.0765. The minimum atomic E-state index is -0.458. The maximum Gasteiger partial charge on any atom is 0.251 e. The second-order valence-corrected chi connectivity index (χ2v) is 6.18. The molecule has 0 unspecified atom stereocenters. The molecule has 1 aromatic carbocycles. The molecule has 134 valence electrons. The van der Waals surface area contributed by atoms with Crippen LogP contribution < -0.4 is 24.8 Å². The highest BCUT2D eigenvalue weighted by atomic mass is 16.5. The van der Waals surface area contributed by atoms with E-state index in [1.165, 1.54) is 21.3 Å². The number of rotatable bonds is 7. The third kappa shape index (κ3) is 5.04. The molecule has 0 heterocycles. The molecule has 0 aromatic heterocycles. The van der Waals surface area contributed by atoms with Gasteiger partial charge >= 0.3 is 0 Å². The third-order valence-electron chi connectivity index (χ3n) is 3.30. The van der Waals surface area contributed by atoms with Gasteiger partial charge in [-0.25, -0.2) is 0 Å². The second kappa shape index (κ2) is 8.42. The number of methoxy groups -OCH3 is 3. The number of carbonyl (C=O) groups excluding carboxylic acids is 2. The van der Waals surface area contributed by atoms with Crippen LogP contribution in [0.25, 0.3) is 0 Å². The van der Waals surface area contributed by atoms with E-state index in [2.05, 4.69) is 10.6 Å². The first kappa shape index (κ1) is 19.6. The van der Waals surface area contributed by atoms with Crippen LogP contribution in [-0.2, 0) is 4.79 Å². The average molecular weight is 338 g/mol. The highest BCUT2D eigenvalue weighted by Crippen LogP contribution is 2.38. The van der Waals surface area contributed by atoms with Crippen LogP contribution in [0.4, 0.5) is 0 Å². The fourth-order valence-corrected chi connectivity index (χ4v) is 1.93. The Morgan fingerprint density at radius 3 is 1.83 bits per heavy atom. The van der Waals surface area contributed by atoms with E-state index in [0.29, 0.717) is 35.9 Å². The maximum absolute atomic E-state index is 12.2. The van der Waals surface area contributed by atoms with Crippen molar-refractivity contribution in [2.75, 3.05) is 34.4 Å². The predicted molar refractivity (Wildman–Crippen MR) is 90.9 cm³/mol. The van der Waals surface area contributed by atoms with Crippen molar-refractivity contribution < 1.29 is 23.8 Å². The van der Waals surface area contributed by atoms with Crippen LogP contribution in [0.15, 0.2) is 12.1 Å². The van der Waals surface area contributed by atoms with Crippen LogP contribution in [-0.4, -0.2) is 46.2 Å². The van der Waals surface area contributed by atoms with Crippen LogP contribution in [0.5, 0.6) is 17.2 Å². The van der Waals surface area contributed by atoms with Gasteiger partial charge in [0.05, 0.1) is 21.3 Å². The van der Waals surface area contributed by atoms with Gasteiger partial charge in [-0.3, -0.25) is 9.59 Å². The molecule has 1 aromatic rings. The second-order valence-electron chi connectivity index (χ2n) is 6.18. The number of carbonyl (C=O) groups is 2. The predicted octanol–water partition coefficient (Wildman–Crippen LogP) is 1.60. The third-order valence-corrected chi connectivity index (χ3v) is 3.30. The number of hydrogen-bond donors (Lipinski definition) is 2. The Hall–Kier alpha value is -2.44. The molecule has 24 heavy (non-hydrogen) atoms. The summed E-state index contributed by atoms with van der Waals surface area (Å²) >= 11 is 0. The zero-order valence-electron chi connectivity index (χ0n) is 15.1. The molecule has 1 rings (SSSR count). The molecule has 0 spiro atoms. The van der Waals surface area contributed by atoms with E-state index in [1.54, 1.807) is 12.1 Å². The van der Waals surface area contributed by atoms with Crippen LogP contribution in [0.1, 0.15) is 31.1 Å². The summed E-state index contributed by atoms with van der Waals surface area (Å²) in [7, 11) is 4.47. The summed E-state index contributed by atoms with van der Waals surface area (Å²) in [6, 6.07) is 3.15. The van der Waals surface area contributed by atoms with Gasteiger partial charge < -0.3 is 24.8 Å². The maximum atomic E-state index is 12.2. The molecule has 7 heteroatoms. The lowest BCUT2D eigenvalue weighted by atomic mass is 9.96. The number of amides is 2. The highest BCUT2D eigenvalue weighted by molar-refractivity contribution is 5.95. The van der Waals surface area contributed by atoms with Crippen molar-refractivity contribution in [3.05, 3.63) is 17.7 Å². The molecule has 0 saturated carbocycles. The summed E-state index contributed by atoms with van der Waals surface area (Å²) in [5.74, 6) is 0.879. The average Bonchev–Trinajstić information content (AvgIpc) is 2.55. The molecular formula is C17H26N2O5. The molecule has 0 radical (unpaired) electrons. The van der Waals surface area contributed by atoms with Gasteiger partial charge in [0.15, 0.2) is 11.5 Å². The minimum Gasteiger partial charge on any atom is -0.493 e. The number of benzene rings is 1. The van der Waals surface area contributed by atoms with Gasteiger partial charge in [0.2, 0.25) is 11.7 Å². The van der Waals surface area contributed by atoms with Crippen molar-refractivity contribution in [1.29, 1.82) is 0 Å². The SMILES string of the molecule is COc1cc(C(=O)NCCNC(=O)C(C)(C)C)cc(OC)c1OC. The largest absolute Gasteiger partial charge is 0.493 e. The number of hydrogen-bond acceptors (Lipinski definition) is 5. The van der Waals surface area contributed by atoms with E-state index < -0.39 is 5.41 Å². The molecular weight excluding hydrogens is 312 g/mol. The van der Waals surface area contributed by atoms with Crippen LogP contribution in [0.3, 0.4) is 0 Å². The number of nitrogens with one attached hydrogen (secondary N) is 2. The van der Waals surface area contributed by atoms with Crippen LogP contribution in [0.2, 0.25) is 0 Å². The first-order valence-electron chi connectivity index (χ1n) is 7.61. The van der Waals surface area contributed by atoms with Gasteiger partial charge in [0, 0.05) is 24.1 Å². The van der Waals surface area contributed by atoms with Crippen molar-refractivity contribution in [3.8, 4) is 17.2 Å². The van der Waals surface area contributed by atoms with Crippen molar-refractivity contribution in [2.45, 2.75) is 20.8 Å². The zero-order chi connectivity index (χ0) is 18.3. The van der Waals surface area contributed by atoms with Gasteiger partial charge in [-0.2, -0.15) is 0 Å². The van der Waals surface area contributed by atoms with E-state index in [4.69, 9.17) is 14.2 Å². The molecule has 0 bridgehead atoms. The van der Waals surface area contributed by atoms with Gasteiger partial charge in [-0.1, -0.05) is 20.8 Å². The molecule has 0 aliphatic heterocycles. The quantitative estimate of drug-likeness (QED) is 0.738. The summed E-state index contributed by atoms with van der Waals surface area (Å²) in [6.07, 6.45) is 0. The standard InChI is InChI=1S/C17H26N2O5/c1-17(2,3)16(21)19-8-7-18-15(20)11-9-12(22-4)14(24-6)13(10-11)23-5/h9-10H,7-8H2,1-6H3,(H,18,20)(H,19,21). The molecule has 0 aliphatic carbocycles. The molecule has 0 fully saturated rings. The lowest BCUT2D eigenvalue weighted by Gasteiger charge is -2.18. The molecule has 2 N–H and O–H groups in total.